The fraction of sp³-hybridized carbons (Fsp3) is 0.188. The molecule has 1 aromatic heterocycles. The minimum atomic E-state index is 0.384. The standard InChI is InChI=1S/C16H15N3/c1-3-7-15-12(5-1)9-14(11-17-15)19-16-8-4-2-6-13(16)10-18-19/h1-8,10,14,17H,9,11H2. The van der Waals surface area contributed by atoms with Gasteiger partial charge < -0.3 is 5.32 Å². The summed E-state index contributed by atoms with van der Waals surface area (Å²) < 4.78 is 2.15. The maximum atomic E-state index is 4.57. The molecule has 1 aliphatic heterocycles. The van der Waals surface area contributed by atoms with Crippen LogP contribution in [0.4, 0.5) is 5.69 Å². The van der Waals surface area contributed by atoms with Gasteiger partial charge in [-0.25, -0.2) is 0 Å². The minimum absolute atomic E-state index is 0.384. The number of nitrogens with zero attached hydrogens (tertiary/aromatic N) is 2. The van der Waals surface area contributed by atoms with Crippen LogP contribution >= 0.6 is 0 Å². The largest absolute Gasteiger partial charge is 0.383 e. The van der Waals surface area contributed by atoms with Gasteiger partial charge in [0.05, 0.1) is 17.8 Å². The van der Waals surface area contributed by atoms with Crippen LogP contribution < -0.4 is 5.32 Å². The fourth-order valence-electron chi connectivity index (χ4n) is 2.88. The number of rotatable bonds is 1. The molecule has 19 heavy (non-hydrogen) atoms. The zero-order valence-corrected chi connectivity index (χ0v) is 10.6. The first-order valence-corrected chi connectivity index (χ1v) is 6.66. The Kier molecular flexibility index (Phi) is 2.30. The van der Waals surface area contributed by atoms with E-state index in [-0.39, 0.29) is 0 Å². The molecule has 4 rings (SSSR count). The number of nitrogens with one attached hydrogen (secondary N) is 1. The van der Waals surface area contributed by atoms with Crippen LogP contribution in [0, 0.1) is 0 Å². The van der Waals surface area contributed by atoms with Crippen molar-refractivity contribution in [3.05, 3.63) is 60.3 Å². The second-order valence-electron chi connectivity index (χ2n) is 5.04. The number of aromatic nitrogens is 2. The highest BCUT2D eigenvalue weighted by Crippen LogP contribution is 2.28. The average molecular weight is 249 g/mol. The molecule has 3 nitrogen and oxygen atoms in total. The lowest BCUT2D eigenvalue weighted by Gasteiger charge is -2.26. The zero-order chi connectivity index (χ0) is 12.7. The lowest BCUT2D eigenvalue weighted by molar-refractivity contribution is 0.476. The van der Waals surface area contributed by atoms with Gasteiger partial charge in [-0.3, -0.25) is 4.68 Å². The monoisotopic (exact) mass is 249 g/mol. The maximum Gasteiger partial charge on any atom is 0.0739 e. The van der Waals surface area contributed by atoms with Crippen LogP contribution in [0.1, 0.15) is 11.6 Å². The van der Waals surface area contributed by atoms with Crippen molar-refractivity contribution in [2.45, 2.75) is 12.5 Å². The Morgan fingerprint density at radius 2 is 1.89 bits per heavy atom. The highest BCUT2D eigenvalue weighted by molar-refractivity contribution is 5.78. The van der Waals surface area contributed by atoms with Crippen molar-refractivity contribution in [1.29, 1.82) is 0 Å². The zero-order valence-electron chi connectivity index (χ0n) is 10.6. The summed E-state index contributed by atoms with van der Waals surface area (Å²) in [5, 5.41) is 9.28. The van der Waals surface area contributed by atoms with E-state index in [1.807, 2.05) is 6.20 Å². The number of hydrogen-bond acceptors (Lipinski definition) is 2. The Labute approximate surface area is 111 Å². The van der Waals surface area contributed by atoms with Crippen LogP contribution in [0.5, 0.6) is 0 Å². The van der Waals surface area contributed by atoms with Crippen LogP contribution in [-0.2, 0) is 6.42 Å². The highest BCUT2D eigenvalue weighted by Gasteiger charge is 2.20. The first-order chi connectivity index (χ1) is 9.42. The van der Waals surface area contributed by atoms with Crippen molar-refractivity contribution >= 4 is 16.6 Å². The fourth-order valence-corrected chi connectivity index (χ4v) is 2.88. The molecule has 3 heteroatoms. The summed E-state index contributed by atoms with van der Waals surface area (Å²) in [7, 11) is 0. The van der Waals surface area contributed by atoms with E-state index in [0.717, 1.165) is 13.0 Å². The summed E-state index contributed by atoms with van der Waals surface area (Å²) in [5.74, 6) is 0. The summed E-state index contributed by atoms with van der Waals surface area (Å²) in [4.78, 5) is 0. The maximum absolute atomic E-state index is 4.57. The third kappa shape index (κ3) is 1.70. The normalized spacial score (nSPS) is 18.0. The molecule has 1 aliphatic rings. The van der Waals surface area contributed by atoms with E-state index < -0.39 is 0 Å². The van der Waals surface area contributed by atoms with Gasteiger partial charge in [-0.1, -0.05) is 36.4 Å². The summed E-state index contributed by atoms with van der Waals surface area (Å²) in [6.45, 7) is 0.933. The predicted octanol–water partition coefficient (Wildman–Crippen LogP) is 3.25. The van der Waals surface area contributed by atoms with Crippen LogP contribution in [0.2, 0.25) is 0 Å². The van der Waals surface area contributed by atoms with Gasteiger partial charge in [0.2, 0.25) is 0 Å². The number of fused-ring (bicyclic) bond motifs is 2. The molecule has 1 unspecified atom stereocenters. The topological polar surface area (TPSA) is 29.9 Å². The van der Waals surface area contributed by atoms with Crippen molar-refractivity contribution < 1.29 is 0 Å². The highest BCUT2D eigenvalue weighted by atomic mass is 15.3. The summed E-state index contributed by atoms with van der Waals surface area (Å²) in [5.41, 5.74) is 3.85. The molecule has 0 fully saturated rings. The Balaban J connectivity index is 1.75. The smallest absolute Gasteiger partial charge is 0.0739 e. The molecule has 0 spiro atoms. The Bertz CT molecular complexity index is 729. The van der Waals surface area contributed by atoms with E-state index in [4.69, 9.17) is 0 Å². The number of anilines is 1. The van der Waals surface area contributed by atoms with Crippen molar-refractivity contribution in [3.8, 4) is 0 Å². The minimum Gasteiger partial charge on any atom is -0.383 e. The van der Waals surface area contributed by atoms with Crippen LogP contribution in [-0.4, -0.2) is 16.3 Å². The van der Waals surface area contributed by atoms with Gasteiger partial charge in [0, 0.05) is 17.6 Å². The average Bonchev–Trinajstić information content (AvgIpc) is 2.91. The van der Waals surface area contributed by atoms with Gasteiger partial charge >= 0.3 is 0 Å². The van der Waals surface area contributed by atoms with E-state index in [1.54, 1.807) is 0 Å². The van der Waals surface area contributed by atoms with Crippen molar-refractivity contribution in [3.63, 3.8) is 0 Å². The summed E-state index contributed by atoms with van der Waals surface area (Å²) >= 11 is 0. The first kappa shape index (κ1) is 10.6. The molecular formula is C16H15N3. The SMILES string of the molecule is c1ccc2c(c1)CC(n1ncc3ccccc31)CN2. The molecule has 2 heterocycles. The second-order valence-corrected chi connectivity index (χ2v) is 5.04. The molecule has 3 aromatic rings. The molecule has 0 amide bonds. The van der Waals surface area contributed by atoms with E-state index >= 15 is 0 Å². The van der Waals surface area contributed by atoms with Crippen LogP contribution in [0.25, 0.3) is 10.9 Å². The Morgan fingerprint density at radius 1 is 1.05 bits per heavy atom. The van der Waals surface area contributed by atoms with Crippen molar-refractivity contribution in [2.24, 2.45) is 0 Å². The van der Waals surface area contributed by atoms with E-state index in [2.05, 4.69) is 63.6 Å². The number of benzene rings is 2. The third-order valence-electron chi connectivity index (χ3n) is 3.85. The molecule has 0 saturated carbocycles. The molecule has 94 valence electrons. The molecular weight excluding hydrogens is 234 g/mol. The number of para-hydroxylation sites is 2. The van der Waals surface area contributed by atoms with Gasteiger partial charge in [-0.15, -0.1) is 0 Å². The lowest BCUT2D eigenvalue weighted by Crippen LogP contribution is -2.26. The quantitative estimate of drug-likeness (QED) is 0.717. The molecule has 0 radical (unpaired) electrons. The lowest BCUT2D eigenvalue weighted by atomic mass is 10.00. The van der Waals surface area contributed by atoms with Gasteiger partial charge in [-0.05, 0) is 24.1 Å². The molecule has 0 aliphatic carbocycles. The van der Waals surface area contributed by atoms with Crippen LogP contribution in [0.15, 0.2) is 54.7 Å². The van der Waals surface area contributed by atoms with Gasteiger partial charge in [0.25, 0.3) is 0 Å². The molecule has 1 atom stereocenters. The van der Waals surface area contributed by atoms with E-state index in [1.165, 1.54) is 22.2 Å². The van der Waals surface area contributed by atoms with Crippen molar-refractivity contribution in [1.82, 2.24) is 9.78 Å². The first-order valence-electron chi connectivity index (χ1n) is 6.66. The van der Waals surface area contributed by atoms with Gasteiger partial charge in [0.15, 0.2) is 0 Å². The van der Waals surface area contributed by atoms with E-state index in [0.29, 0.717) is 6.04 Å². The van der Waals surface area contributed by atoms with Gasteiger partial charge in [0.1, 0.15) is 0 Å². The summed E-state index contributed by atoms with van der Waals surface area (Å²) in [6.07, 6.45) is 2.99. The molecule has 0 saturated heterocycles. The Hall–Kier alpha value is -2.29. The Morgan fingerprint density at radius 3 is 2.89 bits per heavy atom. The summed E-state index contributed by atoms with van der Waals surface area (Å²) in [6, 6.07) is 17.3. The number of hydrogen-bond donors (Lipinski definition) is 1. The molecule has 2 aromatic carbocycles. The van der Waals surface area contributed by atoms with Gasteiger partial charge in [-0.2, -0.15) is 5.10 Å². The third-order valence-corrected chi connectivity index (χ3v) is 3.85. The predicted molar refractivity (Wildman–Crippen MR) is 77.4 cm³/mol. The molecule has 1 N–H and O–H groups in total. The second kappa shape index (κ2) is 4.12. The van der Waals surface area contributed by atoms with Crippen LogP contribution in [0.3, 0.4) is 0 Å². The van der Waals surface area contributed by atoms with Crippen molar-refractivity contribution in [2.75, 3.05) is 11.9 Å². The van der Waals surface area contributed by atoms with E-state index in [9.17, 15) is 0 Å². The molecule has 0 bridgehead atoms.